The van der Waals surface area contributed by atoms with E-state index in [2.05, 4.69) is 24.3 Å². The normalized spacial score (nSPS) is 10.7. The highest BCUT2D eigenvalue weighted by Gasteiger charge is 2.06. The van der Waals surface area contributed by atoms with E-state index in [9.17, 15) is 4.79 Å². The molecule has 104 valence electrons. The highest BCUT2D eigenvalue weighted by Crippen LogP contribution is 2.17. The molecule has 0 heterocycles. The largest absolute Gasteiger partial charge is 0.294 e. The second kappa shape index (κ2) is 6.36. The number of carbonyl (C=O) groups excluding carboxylic acids is 1. The van der Waals surface area contributed by atoms with Crippen LogP contribution in [0.1, 0.15) is 28.8 Å². The Balaban J connectivity index is 1.64. The predicted octanol–water partition coefficient (Wildman–Crippen LogP) is 5.05. The minimum atomic E-state index is 0.233. The first-order valence-corrected chi connectivity index (χ1v) is 7.39. The van der Waals surface area contributed by atoms with Crippen molar-refractivity contribution >= 4 is 16.6 Å². The van der Waals surface area contributed by atoms with E-state index in [1.54, 1.807) is 0 Å². The Morgan fingerprint density at radius 2 is 1.48 bits per heavy atom. The molecule has 0 saturated heterocycles. The van der Waals surface area contributed by atoms with Crippen LogP contribution in [0.2, 0.25) is 0 Å². The van der Waals surface area contributed by atoms with Crippen LogP contribution in [0.25, 0.3) is 10.8 Å². The molecule has 0 aliphatic carbocycles. The molecule has 3 aromatic carbocycles. The van der Waals surface area contributed by atoms with Gasteiger partial charge in [-0.2, -0.15) is 0 Å². The molecular weight excluding hydrogens is 256 g/mol. The van der Waals surface area contributed by atoms with Gasteiger partial charge in [0.2, 0.25) is 0 Å². The third-order valence-corrected chi connectivity index (χ3v) is 3.78. The Morgan fingerprint density at radius 1 is 0.762 bits per heavy atom. The molecule has 21 heavy (non-hydrogen) atoms. The molecule has 0 unspecified atom stereocenters. The van der Waals surface area contributed by atoms with Crippen LogP contribution >= 0.6 is 0 Å². The maximum absolute atomic E-state index is 12.3. The van der Waals surface area contributed by atoms with Crippen LogP contribution in [0.3, 0.4) is 0 Å². The Kier molecular flexibility index (Phi) is 4.11. The monoisotopic (exact) mass is 274 g/mol. The van der Waals surface area contributed by atoms with Gasteiger partial charge in [-0.3, -0.25) is 4.79 Å². The Labute approximate surface area is 125 Å². The maximum atomic E-state index is 12.3. The molecule has 0 radical (unpaired) electrons. The van der Waals surface area contributed by atoms with E-state index < -0.39 is 0 Å². The number of rotatable bonds is 5. The SMILES string of the molecule is O=C(CCCc1ccccc1)c1ccc2ccccc2c1. The van der Waals surface area contributed by atoms with Gasteiger partial charge in [-0.15, -0.1) is 0 Å². The summed E-state index contributed by atoms with van der Waals surface area (Å²) in [7, 11) is 0. The zero-order valence-electron chi connectivity index (χ0n) is 12.0. The van der Waals surface area contributed by atoms with E-state index in [1.165, 1.54) is 10.9 Å². The van der Waals surface area contributed by atoms with E-state index in [4.69, 9.17) is 0 Å². The summed E-state index contributed by atoms with van der Waals surface area (Å²) in [5.74, 6) is 0.233. The number of fused-ring (bicyclic) bond motifs is 1. The maximum Gasteiger partial charge on any atom is 0.162 e. The highest BCUT2D eigenvalue weighted by atomic mass is 16.1. The Hall–Kier alpha value is -2.41. The number of ketones is 1. The fourth-order valence-electron chi connectivity index (χ4n) is 2.60. The number of hydrogen-bond donors (Lipinski definition) is 0. The molecule has 0 bridgehead atoms. The molecule has 0 saturated carbocycles. The number of hydrogen-bond acceptors (Lipinski definition) is 1. The lowest BCUT2D eigenvalue weighted by molar-refractivity contribution is 0.0980. The second-order valence-corrected chi connectivity index (χ2v) is 5.32. The molecule has 0 aromatic heterocycles. The van der Waals surface area contributed by atoms with Gasteiger partial charge in [0.1, 0.15) is 0 Å². The topological polar surface area (TPSA) is 17.1 Å². The van der Waals surface area contributed by atoms with Crippen molar-refractivity contribution in [2.45, 2.75) is 19.3 Å². The summed E-state index contributed by atoms with van der Waals surface area (Å²) in [6.45, 7) is 0. The van der Waals surface area contributed by atoms with Gasteiger partial charge in [-0.25, -0.2) is 0 Å². The van der Waals surface area contributed by atoms with Gasteiger partial charge in [0.05, 0.1) is 0 Å². The lowest BCUT2D eigenvalue weighted by atomic mass is 10.00. The molecule has 3 aromatic rings. The molecule has 3 rings (SSSR count). The first-order chi connectivity index (χ1) is 10.3. The molecule has 0 aliphatic rings. The Morgan fingerprint density at radius 3 is 2.29 bits per heavy atom. The fourth-order valence-corrected chi connectivity index (χ4v) is 2.60. The number of benzene rings is 3. The van der Waals surface area contributed by atoms with Gasteiger partial charge in [-0.1, -0.05) is 66.7 Å². The molecule has 0 fully saturated rings. The quantitative estimate of drug-likeness (QED) is 0.595. The van der Waals surface area contributed by atoms with Crippen molar-refractivity contribution in [3.05, 3.63) is 83.9 Å². The first-order valence-electron chi connectivity index (χ1n) is 7.39. The van der Waals surface area contributed by atoms with Gasteiger partial charge >= 0.3 is 0 Å². The molecule has 0 aliphatic heterocycles. The van der Waals surface area contributed by atoms with Crippen LogP contribution in [0.15, 0.2) is 72.8 Å². The van der Waals surface area contributed by atoms with Gasteiger partial charge in [0.15, 0.2) is 5.78 Å². The van der Waals surface area contributed by atoms with Crippen molar-refractivity contribution in [2.75, 3.05) is 0 Å². The molecule has 0 atom stereocenters. The summed E-state index contributed by atoms with van der Waals surface area (Å²) in [5.41, 5.74) is 2.12. The van der Waals surface area contributed by atoms with Crippen LogP contribution in [0.4, 0.5) is 0 Å². The molecular formula is C20H18O. The summed E-state index contributed by atoms with van der Waals surface area (Å²) in [6.07, 6.45) is 2.46. The predicted molar refractivity (Wildman–Crippen MR) is 87.7 cm³/mol. The zero-order valence-corrected chi connectivity index (χ0v) is 12.0. The van der Waals surface area contributed by atoms with E-state index >= 15 is 0 Å². The number of Topliss-reactive ketones (excluding diaryl/α,β-unsaturated/α-hetero) is 1. The average molecular weight is 274 g/mol. The van der Waals surface area contributed by atoms with Crippen molar-refractivity contribution in [3.63, 3.8) is 0 Å². The first kappa shape index (κ1) is 13.6. The molecule has 1 nitrogen and oxygen atoms in total. The summed E-state index contributed by atoms with van der Waals surface area (Å²) in [5, 5.41) is 2.31. The van der Waals surface area contributed by atoms with Crippen molar-refractivity contribution in [3.8, 4) is 0 Å². The van der Waals surface area contributed by atoms with Crippen LogP contribution < -0.4 is 0 Å². The van der Waals surface area contributed by atoms with Gasteiger partial charge in [0, 0.05) is 12.0 Å². The van der Waals surface area contributed by atoms with Crippen LogP contribution in [-0.4, -0.2) is 5.78 Å². The summed E-state index contributed by atoms with van der Waals surface area (Å²) >= 11 is 0. The summed E-state index contributed by atoms with van der Waals surface area (Å²) < 4.78 is 0. The lowest BCUT2D eigenvalue weighted by Gasteiger charge is -2.04. The molecule has 0 amide bonds. The third kappa shape index (κ3) is 3.38. The Bertz CT molecular complexity index is 744. The molecule has 1 heteroatoms. The molecule has 0 N–H and O–H groups in total. The smallest absolute Gasteiger partial charge is 0.162 e. The van der Waals surface area contributed by atoms with E-state index in [1.807, 2.05) is 48.5 Å². The zero-order chi connectivity index (χ0) is 14.5. The van der Waals surface area contributed by atoms with E-state index in [-0.39, 0.29) is 5.78 Å². The van der Waals surface area contributed by atoms with Gasteiger partial charge in [-0.05, 0) is 35.2 Å². The number of aryl methyl sites for hydroxylation is 1. The third-order valence-electron chi connectivity index (χ3n) is 3.78. The minimum absolute atomic E-state index is 0.233. The highest BCUT2D eigenvalue weighted by molar-refractivity contribution is 5.99. The van der Waals surface area contributed by atoms with Crippen molar-refractivity contribution < 1.29 is 4.79 Å². The minimum Gasteiger partial charge on any atom is -0.294 e. The van der Waals surface area contributed by atoms with Crippen LogP contribution in [0, 0.1) is 0 Å². The van der Waals surface area contributed by atoms with Crippen molar-refractivity contribution in [1.29, 1.82) is 0 Å². The average Bonchev–Trinajstić information content (AvgIpc) is 2.55. The van der Waals surface area contributed by atoms with Crippen molar-refractivity contribution in [1.82, 2.24) is 0 Å². The van der Waals surface area contributed by atoms with Crippen LogP contribution in [-0.2, 0) is 6.42 Å². The van der Waals surface area contributed by atoms with Gasteiger partial charge < -0.3 is 0 Å². The standard InChI is InChI=1S/C20H18O/c21-20(12-6-9-16-7-2-1-3-8-16)19-14-13-17-10-4-5-11-18(17)15-19/h1-5,7-8,10-11,13-15H,6,9,12H2. The molecule has 0 spiro atoms. The van der Waals surface area contributed by atoms with Gasteiger partial charge in [0.25, 0.3) is 0 Å². The van der Waals surface area contributed by atoms with Crippen molar-refractivity contribution in [2.24, 2.45) is 0 Å². The van der Waals surface area contributed by atoms with E-state index in [0.29, 0.717) is 6.42 Å². The fraction of sp³-hybridized carbons (Fsp3) is 0.150. The second-order valence-electron chi connectivity index (χ2n) is 5.32. The summed E-state index contributed by atoms with van der Waals surface area (Å²) in [4.78, 5) is 12.3. The van der Waals surface area contributed by atoms with Crippen LogP contribution in [0.5, 0.6) is 0 Å². The lowest BCUT2D eigenvalue weighted by Crippen LogP contribution is -2.00. The van der Waals surface area contributed by atoms with E-state index in [0.717, 1.165) is 23.8 Å². The summed E-state index contributed by atoms with van der Waals surface area (Å²) in [6, 6.07) is 24.4. The number of carbonyl (C=O) groups is 1.